The molecule has 0 unspecified atom stereocenters. The van der Waals surface area contributed by atoms with Crippen LogP contribution in [0.4, 0.5) is 0 Å². The molecule has 1 aromatic rings. The van der Waals surface area contributed by atoms with Crippen molar-refractivity contribution in [2.45, 2.75) is 19.3 Å². The molecule has 3 N–H and O–H groups in total. The maximum Gasteiger partial charge on any atom is 0.0569 e. The van der Waals surface area contributed by atoms with E-state index in [-0.39, 0.29) is 10.8 Å². The van der Waals surface area contributed by atoms with E-state index in [2.05, 4.69) is 30.2 Å². The summed E-state index contributed by atoms with van der Waals surface area (Å²) < 4.78 is 5.26. The Morgan fingerprint density at radius 2 is 2.22 bits per heavy atom. The Morgan fingerprint density at radius 3 is 2.72 bits per heavy atom. The average Bonchev–Trinajstić information content (AvgIpc) is 2.34. The van der Waals surface area contributed by atoms with Gasteiger partial charge < -0.3 is 15.8 Å². The summed E-state index contributed by atoms with van der Waals surface area (Å²) in [6.45, 7) is 8.46. The Hall–Kier alpha value is -0.970. The highest BCUT2D eigenvalue weighted by Gasteiger charge is 2.37. The van der Waals surface area contributed by atoms with Crippen LogP contribution >= 0.6 is 0 Å². The van der Waals surface area contributed by atoms with Crippen LogP contribution in [0.15, 0.2) is 24.4 Å². The van der Waals surface area contributed by atoms with Crippen molar-refractivity contribution in [2.24, 2.45) is 11.1 Å². The van der Waals surface area contributed by atoms with E-state index in [1.54, 1.807) is 0 Å². The second-order valence-corrected chi connectivity index (χ2v) is 5.90. The molecule has 1 saturated heterocycles. The van der Waals surface area contributed by atoms with Crippen molar-refractivity contribution in [1.82, 2.24) is 10.3 Å². The number of hydrogen-bond donors (Lipinski definition) is 2. The van der Waals surface area contributed by atoms with Crippen LogP contribution in [-0.2, 0) is 10.2 Å². The van der Waals surface area contributed by atoms with Crippen LogP contribution in [0.3, 0.4) is 0 Å². The van der Waals surface area contributed by atoms with Gasteiger partial charge in [-0.25, -0.2) is 0 Å². The van der Waals surface area contributed by atoms with Crippen molar-refractivity contribution < 1.29 is 4.74 Å². The zero-order chi connectivity index (χ0) is 13.1. The molecule has 1 aromatic heterocycles. The molecule has 0 aromatic carbocycles. The quantitative estimate of drug-likeness (QED) is 0.787. The molecule has 2 heterocycles. The van der Waals surface area contributed by atoms with Gasteiger partial charge in [0.15, 0.2) is 0 Å². The molecule has 0 radical (unpaired) electrons. The third kappa shape index (κ3) is 2.88. The molecular weight excluding hydrogens is 226 g/mol. The van der Waals surface area contributed by atoms with E-state index in [0.717, 1.165) is 32.0 Å². The minimum Gasteiger partial charge on any atom is -0.380 e. The molecule has 1 fully saturated rings. The number of rotatable bonds is 6. The van der Waals surface area contributed by atoms with Gasteiger partial charge in [-0.05, 0) is 12.1 Å². The van der Waals surface area contributed by atoms with E-state index in [1.807, 2.05) is 18.3 Å². The van der Waals surface area contributed by atoms with E-state index in [0.29, 0.717) is 6.54 Å². The number of ether oxygens (including phenoxy) is 1. The largest absolute Gasteiger partial charge is 0.380 e. The number of nitrogens with one attached hydrogen (secondary N) is 1. The molecule has 0 atom stereocenters. The van der Waals surface area contributed by atoms with Crippen LogP contribution in [0.1, 0.15) is 19.5 Å². The maximum atomic E-state index is 5.80. The molecule has 4 heteroatoms. The van der Waals surface area contributed by atoms with Gasteiger partial charge in [-0.15, -0.1) is 0 Å². The second kappa shape index (κ2) is 5.34. The summed E-state index contributed by atoms with van der Waals surface area (Å²) in [7, 11) is 0. The van der Waals surface area contributed by atoms with Crippen molar-refractivity contribution in [3.05, 3.63) is 30.1 Å². The van der Waals surface area contributed by atoms with Gasteiger partial charge in [-0.3, -0.25) is 4.98 Å². The Labute approximate surface area is 109 Å². The molecule has 0 aliphatic carbocycles. The van der Waals surface area contributed by atoms with E-state index >= 15 is 0 Å². The van der Waals surface area contributed by atoms with Crippen LogP contribution in [0.2, 0.25) is 0 Å². The number of aromatic nitrogens is 1. The van der Waals surface area contributed by atoms with Gasteiger partial charge in [0.2, 0.25) is 0 Å². The molecule has 0 saturated carbocycles. The van der Waals surface area contributed by atoms with E-state index in [9.17, 15) is 0 Å². The molecule has 1 aliphatic heterocycles. The molecule has 0 spiro atoms. The van der Waals surface area contributed by atoms with Gasteiger partial charge in [0.25, 0.3) is 0 Å². The predicted octanol–water partition coefficient (Wildman–Crippen LogP) is 0.924. The summed E-state index contributed by atoms with van der Waals surface area (Å²) in [6.07, 6.45) is 1.85. The topological polar surface area (TPSA) is 60.2 Å². The third-order valence-electron chi connectivity index (χ3n) is 3.67. The monoisotopic (exact) mass is 249 g/mol. The van der Waals surface area contributed by atoms with Crippen LogP contribution in [0, 0.1) is 5.41 Å². The minimum absolute atomic E-state index is 0.0294. The summed E-state index contributed by atoms with van der Waals surface area (Å²) in [6, 6.07) is 6.06. The van der Waals surface area contributed by atoms with Crippen molar-refractivity contribution in [3.63, 3.8) is 0 Å². The molecule has 1 aliphatic rings. The van der Waals surface area contributed by atoms with Crippen LogP contribution in [0.5, 0.6) is 0 Å². The standard InChI is InChI=1S/C14H23N3O/c1-13(2,12-5-3-4-6-17-12)8-16-9-14(7-15)10-18-11-14/h3-6,16H,7-11,15H2,1-2H3. The fraction of sp³-hybridized carbons (Fsp3) is 0.643. The molecule has 4 nitrogen and oxygen atoms in total. The maximum absolute atomic E-state index is 5.80. The Kier molecular flexibility index (Phi) is 4.00. The zero-order valence-corrected chi connectivity index (χ0v) is 11.3. The third-order valence-corrected chi connectivity index (χ3v) is 3.67. The molecule has 2 rings (SSSR count). The lowest BCUT2D eigenvalue weighted by molar-refractivity contribution is -0.105. The van der Waals surface area contributed by atoms with Gasteiger partial charge in [0.1, 0.15) is 0 Å². The lowest BCUT2D eigenvalue weighted by Crippen LogP contribution is -2.55. The highest BCUT2D eigenvalue weighted by Crippen LogP contribution is 2.26. The normalized spacial score (nSPS) is 18.4. The molecule has 100 valence electrons. The van der Waals surface area contributed by atoms with Crippen molar-refractivity contribution in [2.75, 3.05) is 32.8 Å². The Balaban J connectivity index is 1.86. The molecular formula is C14H23N3O. The first-order chi connectivity index (χ1) is 8.58. The van der Waals surface area contributed by atoms with Crippen molar-refractivity contribution >= 4 is 0 Å². The van der Waals surface area contributed by atoms with Crippen LogP contribution < -0.4 is 11.1 Å². The fourth-order valence-corrected chi connectivity index (χ4v) is 2.18. The molecule has 0 bridgehead atoms. The first kappa shape index (κ1) is 13.5. The van der Waals surface area contributed by atoms with E-state index in [1.165, 1.54) is 0 Å². The van der Waals surface area contributed by atoms with E-state index < -0.39 is 0 Å². The van der Waals surface area contributed by atoms with Crippen molar-refractivity contribution in [1.29, 1.82) is 0 Å². The fourth-order valence-electron chi connectivity index (χ4n) is 2.18. The first-order valence-electron chi connectivity index (χ1n) is 6.48. The summed E-state index contributed by atoms with van der Waals surface area (Å²) >= 11 is 0. The summed E-state index contributed by atoms with van der Waals surface area (Å²) in [5.41, 5.74) is 7.09. The second-order valence-electron chi connectivity index (χ2n) is 5.90. The van der Waals surface area contributed by atoms with Crippen LogP contribution in [-0.4, -0.2) is 37.8 Å². The molecule has 0 amide bonds. The average molecular weight is 249 g/mol. The van der Waals surface area contributed by atoms with Gasteiger partial charge in [-0.1, -0.05) is 19.9 Å². The summed E-state index contributed by atoms with van der Waals surface area (Å²) in [5.74, 6) is 0. The number of pyridine rings is 1. The van der Waals surface area contributed by atoms with Gasteiger partial charge in [-0.2, -0.15) is 0 Å². The first-order valence-corrected chi connectivity index (χ1v) is 6.48. The number of hydrogen-bond acceptors (Lipinski definition) is 4. The van der Waals surface area contributed by atoms with Crippen LogP contribution in [0.25, 0.3) is 0 Å². The lowest BCUT2D eigenvalue weighted by atomic mass is 9.84. The highest BCUT2D eigenvalue weighted by molar-refractivity contribution is 5.15. The number of nitrogens with two attached hydrogens (primary N) is 1. The van der Waals surface area contributed by atoms with Crippen molar-refractivity contribution in [3.8, 4) is 0 Å². The van der Waals surface area contributed by atoms with E-state index in [4.69, 9.17) is 10.5 Å². The lowest BCUT2D eigenvalue weighted by Gasteiger charge is -2.41. The smallest absolute Gasteiger partial charge is 0.0569 e. The highest BCUT2D eigenvalue weighted by atomic mass is 16.5. The van der Waals surface area contributed by atoms with Gasteiger partial charge >= 0.3 is 0 Å². The van der Waals surface area contributed by atoms with Gasteiger partial charge in [0.05, 0.1) is 13.2 Å². The predicted molar refractivity (Wildman–Crippen MR) is 72.4 cm³/mol. The SMILES string of the molecule is CC(C)(CNCC1(CN)COC1)c1ccccn1. The summed E-state index contributed by atoms with van der Waals surface area (Å²) in [4.78, 5) is 4.43. The summed E-state index contributed by atoms with van der Waals surface area (Å²) in [5, 5.41) is 3.52. The minimum atomic E-state index is 0.0294. The van der Waals surface area contributed by atoms with Gasteiger partial charge in [0, 0.05) is 42.4 Å². The number of nitrogens with zero attached hydrogens (tertiary/aromatic N) is 1. The zero-order valence-electron chi connectivity index (χ0n) is 11.3. The Bertz CT molecular complexity index is 368. The Morgan fingerprint density at radius 1 is 1.44 bits per heavy atom. The molecule has 18 heavy (non-hydrogen) atoms.